The van der Waals surface area contributed by atoms with E-state index in [1.54, 1.807) is 17.9 Å². The highest BCUT2D eigenvalue weighted by atomic mass is 19.4. The molecule has 0 saturated carbocycles. The van der Waals surface area contributed by atoms with Crippen molar-refractivity contribution >= 4 is 17.9 Å². The smallest absolute Gasteiger partial charge is 0.476 e. The maximum absolute atomic E-state index is 12.9. The van der Waals surface area contributed by atoms with E-state index in [9.17, 15) is 22.8 Å². The zero-order valence-corrected chi connectivity index (χ0v) is 24.5. The van der Waals surface area contributed by atoms with Crippen molar-refractivity contribution in [3.05, 3.63) is 65.7 Å². The van der Waals surface area contributed by atoms with Crippen LogP contribution in [0, 0.1) is 12.8 Å². The van der Waals surface area contributed by atoms with Gasteiger partial charge in [0, 0.05) is 25.2 Å². The van der Waals surface area contributed by atoms with Crippen LogP contribution in [0.1, 0.15) is 44.7 Å². The lowest BCUT2D eigenvalue weighted by molar-refractivity contribution is -0.274. The number of ether oxygens (including phenoxy) is 3. The van der Waals surface area contributed by atoms with Gasteiger partial charge in [-0.1, -0.05) is 36.4 Å². The number of urea groups is 1. The number of hydrogen-bond acceptors (Lipinski definition) is 6. The number of benzene rings is 2. The molecule has 0 bridgehead atoms. The summed E-state index contributed by atoms with van der Waals surface area (Å²) in [7, 11) is 0. The van der Waals surface area contributed by atoms with Crippen molar-refractivity contribution in [2.75, 3.05) is 25.0 Å². The lowest BCUT2D eigenvalue weighted by atomic mass is 9.98. The van der Waals surface area contributed by atoms with Gasteiger partial charge in [0.05, 0.1) is 17.9 Å². The zero-order chi connectivity index (χ0) is 31.2. The molecule has 0 aliphatic carbocycles. The molecule has 1 aliphatic rings. The number of anilines is 1. The Bertz CT molecular complexity index is 1400. The van der Waals surface area contributed by atoms with E-state index in [1.807, 2.05) is 51.1 Å². The summed E-state index contributed by atoms with van der Waals surface area (Å²) in [5, 5.41) is 9.93. The molecule has 3 aromatic rings. The minimum absolute atomic E-state index is 0.157. The number of aromatic nitrogens is 2. The number of carbonyl (C=O) groups is 2. The monoisotopic (exact) mass is 603 g/mol. The van der Waals surface area contributed by atoms with E-state index >= 15 is 0 Å². The molecule has 1 aromatic heterocycles. The van der Waals surface area contributed by atoms with Crippen LogP contribution in [0.2, 0.25) is 0 Å². The van der Waals surface area contributed by atoms with Gasteiger partial charge >= 0.3 is 18.5 Å². The SMILES string of the molecule is Cc1c(OCC2CCN(C(=O)OC(C)(C)C)CC2)nn(-c2ccccc2)c1NC(=O)NCc1ccccc1OC(F)(F)F. The summed E-state index contributed by atoms with van der Waals surface area (Å²) in [6.07, 6.45) is -3.70. The average molecular weight is 604 g/mol. The largest absolute Gasteiger partial charge is 0.573 e. The lowest BCUT2D eigenvalue weighted by Crippen LogP contribution is -2.42. The second-order valence-electron chi connectivity index (χ2n) is 11.2. The summed E-state index contributed by atoms with van der Waals surface area (Å²) in [5.74, 6) is 0.475. The maximum atomic E-state index is 12.9. The highest BCUT2D eigenvalue weighted by Crippen LogP contribution is 2.30. The number of rotatable bonds is 8. The fourth-order valence-corrected chi connectivity index (χ4v) is 4.52. The first-order valence-corrected chi connectivity index (χ1v) is 13.9. The van der Waals surface area contributed by atoms with Crippen LogP contribution < -0.4 is 20.1 Å². The maximum Gasteiger partial charge on any atom is 0.573 e. The van der Waals surface area contributed by atoms with E-state index in [0.29, 0.717) is 42.6 Å². The van der Waals surface area contributed by atoms with Crippen LogP contribution in [0.4, 0.5) is 28.6 Å². The van der Waals surface area contributed by atoms with E-state index < -0.39 is 23.7 Å². The molecule has 232 valence electrons. The van der Waals surface area contributed by atoms with Crippen molar-refractivity contribution in [1.82, 2.24) is 20.0 Å². The number of likely N-dealkylation sites (tertiary alicyclic amines) is 1. The van der Waals surface area contributed by atoms with Gasteiger partial charge in [0.1, 0.15) is 17.2 Å². The van der Waals surface area contributed by atoms with Gasteiger partial charge < -0.3 is 24.4 Å². The topological polar surface area (TPSA) is 107 Å². The molecule has 1 saturated heterocycles. The molecule has 3 amide bonds. The van der Waals surface area contributed by atoms with Gasteiger partial charge in [-0.25, -0.2) is 14.3 Å². The van der Waals surface area contributed by atoms with Crippen molar-refractivity contribution < 1.29 is 37.0 Å². The van der Waals surface area contributed by atoms with Crippen LogP contribution in [-0.2, 0) is 11.3 Å². The number of para-hydroxylation sites is 2. The standard InChI is InChI=1S/C30H36F3N5O5/c1-20-25(35-27(39)34-18-22-10-8-9-13-24(22)42-30(31,32)33)38(23-11-6-5-7-12-23)36-26(20)41-19-21-14-16-37(17-15-21)28(40)43-29(2,3)4/h5-13,21H,14-19H2,1-4H3,(H2,34,35,39). The molecule has 10 nitrogen and oxygen atoms in total. The van der Waals surface area contributed by atoms with Crippen LogP contribution in [0.3, 0.4) is 0 Å². The Hall–Kier alpha value is -4.42. The van der Waals surface area contributed by atoms with Crippen molar-refractivity contribution in [1.29, 1.82) is 0 Å². The zero-order valence-electron chi connectivity index (χ0n) is 24.5. The molecule has 0 radical (unpaired) electrons. The first-order chi connectivity index (χ1) is 20.3. The number of hydrogen-bond donors (Lipinski definition) is 2. The van der Waals surface area contributed by atoms with Crippen molar-refractivity contribution in [3.63, 3.8) is 0 Å². The number of amides is 3. The van der Waals surface area contributed by atoms with Crippen LogP contribution >= 0.6 is 0 Å². The van der Waals surface area contributed by atoms with Crippen molar-refractivity contribution in [2.24, 2.45) is 5.92 Å². The van der Waals surface area contributed by atoms with Gasteiger partial charge in [0.15, 0.2) is 0 Å². The Morgan fingerprint density at radius 3 is 2.30 bits per heavy atom. The van der Waals surface area contributed by atoms with Gasteiger partial charge in [-0.2, -0.15) is 0 Å². The molecular weight excluding hydrogens is 567 g/mol. The Labute approximate surface area is 248 Å². The van der Waals surface area contributed by atoms with Gasteiger partial charge in [-0.15, -0.1) is 18.3 Å². The summed E-state index contributed by atoms with van der Waals surface area (Å²) in [4.78, 5) is 27.0. The average Bonchev–Trinajstić information content (AvgIpc) is 3.25. The molecule has 1 fully saturated rings. The van der Waals surface area contributed by atoms with Crippen molar-refractivity contribution in [3.8, 4) is 17.3 Å². The third-order valence-electron chi connectivity index (χ3n) is 6.67. The summed E-state index contributed by atoms with van der Waals surface area (Å²) in [6.45, 7) is 8.55. The van der Waals surface area contributed by atoms with Gasteiger partial charge in [-0.05, 0) is 64.7 Å². The summed E-state index contributed by atoms with van der Waals surface area (Å²) >= 11 is 0. The Kier molecular flexibility index (Phi) is 9.72. The third kappa shape index (κ3) is 9.03. The summed E-state index contributed by atoms with van der Waals surface area (Å²) in [5.41, 5.74) is 0.849. The molecule has 13 heteroatoms. The molecule has 0 spiro atoms. The first kappa shape index (κ1) is 31.5. The number of nitrogens with one attached hydrogen (secondary N) is 2. The molecule has 2 N–H and O–H groups in total. The second-order valence-corrected chi connectivity index (χ2v) is 11.2. The number of piperidine rings is 1. The number of halogens is 3. The lowest BCUT2D eigenvalue weighted by Gasteiger charge is -2.33. The molecule has 43 heavy (non-hydrogen) atoms. The molecule has 0 atom stereocenters. The molecular formula is C30H36F3N5O5. The normalized spacial score (nSPS) is 14.3. The van der Waals surface area contributed by atoms with E-state index in [2.05, 4.69) is 20.5 Å². The highest BCUT2D eigenvalue weighted by Gasteiger charge is 2.32. The number of nitrogens with zero attached hydrogens (tertiary/aromatic N) is 3. The van der Waals surface area contributed by atoms with E-state index in [1.165, 1.54) is 22.9 Å². The Balaban J connectivity index is 1.41. The molecule has 4 rings (SSSR count). The van der Waals surface area contributed by atoms with Crippen LogP contribution in [0.15, 0.2) is 54.6 Å². The van der Waals surface area contributed by atoms with E-state index in [-0.39, 0.29) is 24.1 Å². The quantitative estimate of drug-likeness (QED) is 0.308. The number of alkyl halides is 3. The van der Waals surface area contributed by atoms with Crippen molar-refractivity contribution in [2.45, 2.75) is 59.0 Å². The predicted octanol–water partition coefficient (Wildman–Crippen LogP) is 6.43. The summed E-state index contributed by atoms with van der Waals surface area (Å²) < 4.78 is 55.5. The second kappa shape index (κ2) is 13.3. The molecule has 2 heterocycles. The molecule has 0 unspecified atom stereocenters. The first-order valence-electron chi connectivity index (χ1n) is 13.9. The van der Waals surface area contributed by atoms with E-state index in [4.69, 9.17) is 9.47 Å². The fourth-order valence-electron chi connectivity index (χ4n) is 4.52. The Morgan fingerprint density at radius 1 is 1.00 bits per heavy atom. The number of carbonyl (C=O) groups excluding carboxylic acids is 2. The highest BCUT2D eigenvalue weighted by molar-refractivity contribution is 5.89. The Morgan fingerprint density at radius 2 is 1.65 bits per heavy atom. The van der Waals surface area contributed by atoms with Gasteiger partial charge in [0.25, 0.3) is 0 Å². The van der Waals surface area contributed by atoms with Gasteiger partial charge in [-0.3, -0.25) is 5.32 Å². The van der Waals surface area contributed by atoms with Crippen LogP contribution in [-0.4, -0.2) is 58.5 Å². The molecule has 1 aliphatic heterocycles. The minimum atomic E-state index is -4.86. The predicted molar refractivity (Wildman–Crippen MR) is 153 cm³/mol. The third-order valence-corrected chi connectivity index (χ3v) is 6.67. The van der Waals surface area contributed by atoms with Crippen LogP contribution in [0.25, 0.3) is 5.69 Å². The van der Waals surface area contributed by atoms with Gasteiger partial charge in [0.2, 0.25) is 5.88 Å². The van der Waals surface area contributed by atoms with Crippen LogP contribution in [0.5, 0.6) is 11.6 Å². The minimum Gasteiger partial charge on any atom is -0.476 e. The molecule has 2 aromatic carbocycles. The van der Waals surface area contributed by atoms with E-state index in [0.717, 1.165) is 12.8 Å². The summed E-state index contributed by atoms with van der Waals surface area (Å²) in [6, 6.07) is 14.1. The fraction of sp³-hybridized carbons (Fsp3) is 0.433.